The van der Waals surface area contributed by atoms with E-state index in [4.69, 9.17) is 0 Å². The maximum absolute atomic E-state index is 2.47. The van der Waals surface area contributed by atoms with Crippen LogP contribution in [-0.2, 0) is 0 Å². The lowest BCUT2D eigenvalue weighted by atomic mass is 9.87. The van der Waals surface area contributed by atoms with E-state index >= 15 is 0 Å². The molecule has 0 spiro atoms. The minimum Gasteiger partial charge on any atom is -0.310 e. The van der Waals surface area contributed by atoms with Crippen molar-refractivity contribution in [3.63, 3.8) is 0 Å². The first-order valence-electron chi connectivity index (χ1n) is 19.8. The van der Waals surface area contributed by atoms with Crippen molar-refractivity contribution in [3.05, 3.63) is 212 Å². The molecule has 1 heteroatoms. The average molecular weight is 722 g/mol. The van der Waals surface area contributed by atoms with Crippen molar-refractivity contribution in [2.45, 2.75) is 0 Å². The van der Waals surface area contributed by atoms with Crippen molar-refractivity contribution in [1.82, 2.24) is 0 Å². The Hall–Kier alpha value is -7.48. The molecule has 0 saturated carbocycles. The molecule has 0 aromatic heterocycles. The number of fused-ring (bicyclic) bond motifs is 3. The van der Waals surface area contributed by atoms with Gasteiger partial charge in [-0.3, -0.25) is 0 Å². The van der Waals surface area contributed by atoms with Gasteiger partial charge in [-0.1, -0.05) is 182 Å². The number of benzene rings is 11. The first-order valence-corrected chi connectivity index (χ1v) is 19.8. The van der Waals surface area contributed by atoms with Crippen LogP contribution in [0.5, 0.6) is 0 Å². The van der Waals surface area contributed by atoms with Gasteiger partial charge in [0.15, 0.2) is 0 Å². The van der Waals surface area contributed by atoms with E-state index in [1.54, 1.807) is 0 Å². The molecule has 0 N–H and O–H groups in total. The quantitative estimate of drug-likeness (QED) is 0.160. The minimum absolute atomic E-state index is 1.10. The average Bonchev–Trinajstić information content (AvgIpc) is 3.28. The highest BCUT2D eigenvalue weighted by molar-refractivity contribution is 6.37. The molecule has 12 rings (SSSR count). The predicted molar refractivity (Wildman–Crippen MR) is 246 cm³/mol. The highest BCUT2D eigenvalue weighted by Gasteiger charge is 2.21. The number of hydrogen-bond donors (Lipinski definition) is 0. The maximum atomic E-state index is 2.47. The molecule has 0 unspecified atom stereocenters. The number of nitrogens with zero attached hydrogens (tertiary/aromatic N) is 1. The van der Waals surface area contributed by atoms with Gasteiger partial charge >= 0.3 is 0 Å². The first-order chi connectivity index (χ1) is 28.3. The Balaban J connectivity index is 1.19. The lowest BCUT2D eigenvalue weighted by Crippen LogP contribution is -2.11. The molecule has 0 aliphatic heterocycles. The highest BCUT2D eigenvalue weighted by Crippen LogP contribution is 2.47. The van der Waals surface area contributed by atoms with E-state index < -0.39 is 0 Å². The monoisotopic (exact) mass is 721 g/mol. The van der Waals surface area contributed by atoms with Crippen LogP contribution in [0.25, 0.3) is 97.7 Å². The SMILES string of the molecule is c1ccc(-c2ccccc2N(c2ccc(-c3cccc4ccccc34)cc2)c2cc3ccc4cccc5c6cccc7ccc8cccc(c(c2)c3c45)c8c76)cc1. The molecular formula is C56H35N. The van der Waals surface area contributed by atoms with E-state index in [2.05, 4.69) is 217 Å². The van der Waals surface area contributed by atoms with Gasteiger partial charge < -0.3 is 4.90 Å². The van der Waals surface area contributed by atoms with E-state index in [1.165, 1.54) is 97.7 Å². The van der Waals surface area contributed by atoms with Crippen molar-refractivity contribution in [2.75, 3.05) is 4.90 Å². The Morgan fingerprint density at radius 2 is 0.719 bits per heavy atom. The standard InChI is InChI=1S/C56H35N/c1-2-12-37(13-3-1)47-20-6-7-25-52(47)57(43-32-30-38(31-33-43)46-21-8-15-36-14-4-5-19-45(36)46)44-34-42-29-28-41-17-10-23-49-48-22-9-16-39-26-27-40-18-11-24-50(55(40)53(39)48)51(35-44)56(42)54(41)49/h1-35H. The fraction of sp³-hybridized carbons (Fsp3) is 0. The third-order valence-corrected chi connectivity index (χ3v) is 12.1. The van der Waals surface area contributed by atoms with E-state index in [0.717, 1.165) is 17.1 Å². The van der Waals surface area contributed by atoms with Gasteiger partial charge in [-0.2, -0.15) is 0 Å². The molecule has 0 aliphatic carbocycles. The smallest absolute Gasteiger partial charge is 0.0540 e. The Labute approximate surface area is 330 Å². The van der Waals surface area contributed by atoms with Crippen LogP contribution in [0.3, 0.4) is 0 Å². The lowest BCUT2D eigenvalue weighted by molar-refractivity contribution is 1.29. The van der Waals surface area contributed by atoms with Gasteiger partial charge in [-0.25, -0.2) is 0 Å². The summed E-state index contributed by atoms with van der Waals surface area (Å²) in [4.78, 5) is 2.47. The summed E-state index contributed by atoms with van der Waals surface area (Å²) in [5, 5.41) is 17.9. The van der Waals surface area contributed by atoms with Gasteiger partial charge in [0.2, 0.25) is 0 Å². The van der Waals surface area contributed by atoms with Gasteiger partial charge in [0.05, 0.1) is 5.69 Å². The Morgan fingerprint density at radius 3 is 1.42 bits per heavy atom. The topological polar surface area (TPSA) is 3.24 Å². The second-order valence-corrected chi connectivity index (χ2v) is 15.2. The number of hydrogen-bond acceptors (Lipinski definition) is 1. The molecule has 12 aromatic carbocycles. The van der Waals surface area contributed by atoms with Crippen LogP contribution in [0.4, 0.5) is 17.1 Å². The molecule has 0 bridgehead atoms. The van der Waals surface area contributed by atoms with Crippen molar-refractivity contribution < 1.29 is 0 Å². The summed E-state index contributed by atoms with van der Waals surface area (Å²) in [6.45, 7) is 0. The Bertz CT molecular complexity index is 3500. The summed E-state index contributed by atoms with van der Waals surface area (Å²) in [7, 11) is 0. The van der Waals surface area contributed by atoms with Crippen molar-refractivity contribution >= 4 is 92.5 Å². The van der Waals surface area contributed by atoms with Crippen LogP contribution >= 0.6 is 0 Å². The molecule has 0 aliphatic rings. The molecule has 57 heavy (non-hydrogen) atoms. The molecule has 0 fully saturated rings. The molecule has 0 radical (unpaired) electrons. The molecule has 0 heterocycles. The summed E-state index contributed by atoms with van der Waals surface area (Å²) in [5.74, 6) is 0. The molecule has 1 nitrogen and oxygen atoms in total. The predicted octanol–water partition coefficient (Wildman–Crippen LogP) is 16.0. The van der Waals surface area contributed by atoms with E-state index in [1.807, 2.05) is 0 Å². The van der Waals surface area contributed by atoms with Crippen LogP contribution < -0.4 is 4.90 Å². The number of para-hydroxylation sites is 1. The largest absolute Gasteiger partial charge is 0.310 e. The zero-order valence-corrected chi connectivity index (χ0v) is 31.2. The van der Waals surface area contributed by atoms with Crippen molar-refractivity contribution in [1.29, 1.82) is 0 Å². The normalized spacial score (nSPS) is 11.9. The van der Waals surface area contributed by atoms with E-state index in [0.29, 0.717) is 0 Å². The summed E-state index contributed by atoms with van der Waals surface area (Å²) in [6, 6.07) is 78.5. The second kappa shape index (κ2) is 12.5. The van der Waals surface area contributed by atoms with Gasteiger partial charge in [-0.15, -0.1) is 0 Å². The molecule has 0 amide bonds. The fourth-order valence-corrected chi connectivity index (χ4v) is 9.62. The second-order valence-electron chi connectivity index (χ2n) is 15.2. The third-order valence-electron chi connectivity index (χ3n) is 12.1. The number of rotatable bonds is 5. The minimum atomic E-state index is 1.10. The van der Waals surface area contributed by atoms with Crippen molar-refractivity contribution in [3.8, 4) is 22.3 Å². The molecule has 0 saturated heterocycles. The van der Waals surface area contributed by atoms with Gasteiger partial charge in [0.25, 0.3) is 0 Å². The van der Waals surface area contributed by atoms with Crippen LogP contribution in [0.15, 0.2) is 212 Å². The van der Waals surface area contributed by atoms with E-state index in [9.17, 15) is 0 Å². The van der Waals surface area contributed by atoms with Gasteiger partial charge in [0.1, 0.15) is 0 Å². The van der Waals surface area contributed by atoms with Crippen LogP contribution in [0, 0.1) is 0 Å². The molecule has 264 valence electrons. The number of anilines is 3. The maximum Gasteiger partial charge on any atom is 0.0540 e. The first kappa shape index (κ1) is 31.8. The molecule has 12 aromatic rings. The van der Waals surface area contributed by atoms with Crippen molar-refractivity contribution in [2.24, 2.45) is 0 Å². The summed E-state index contributed by atoms with van der Waals surface area (Å²) >= 11 is 0. The Morgan fingerprint density at radius 1 is 0.246 bits per heavy atom. The third kappa shape index (κ3) is 4.89. The van der Waals surface area contributed by atoms with Gasteiger partial charge in [0, 0.05) is 16.9 Å². The van der Waals surface area contributed by atoms with Crippen LogP contribution in [-0.4, -0.2) is 0 Å². The van der Waals surface area contributed by atoms with E-state index in [-0.39, 0.29) is 0 Å². The van der Waals surface area contributed by atoms with Crippen LogP contribution in [0.2, 0.25) is 0 Å². The summed E-state index contributed by atoms with van der Waals surface area (Å²) in [5.41, 5.74) is 8.16. The zero-order chi connectivity index (χ0) is 37.5. The molecular weight excluding hydrogens is 687 g/mol. The summed E-state index contributed by atoms with van der Waals surface area (Å²) < 4.78 is 0. The Kier molecular flexibility index (Phi) is 7.00. The van der Waals surface area contributed by atoms with Gasteiger partial charge in [-0.05, 0) is 122 Å². The fourth-order valence-electron chi connectivity index (χ4n) is 9.62. The lowest BCUT2D eigenvalue weighted by Gasteiger charge is -2.29. The van der Waals surface area contributed by atoms with Crippen LogP contribution in [0.1, 0.15) is 0 Å². The molecule has 0 atom stereocenters. The highest BCUT2D eigenvalue weighted by atomic mass is 15.1. The zero-order valence-electron chi connectivity index (χ0n) is 31.2. The summed E-state index contributed by atoms with van der Waals surface area (Å²) in [6.07, 6.45) is 0.